The maximum atomic E-state index is 9.34. The molecular formula is C23H22N6O2. The van der Waals surface area contributed by atoms with Crippen molar-refractivity contribution in [3.05, 3.63) is 54.6 Å². The van der Waals surface area contributed by atoms with Gasteiger partial charge in [0.05, 0.1) is 48.9 Å². The SMILES string of the molecule is COc1cc(C#N)cc(Nc2nccc(-c3cn(C(C)C)c4cnccc34)n2)c1OC. The minimum atomic E-state index is 0.283. The molecule has 0 saturated carbocycles. The number of pyridine rings is 1. The number of ether oxygens (including phenoxy) is 2. The van der Waals surface area contributed by atoms with Gasteiger partial charge in [-0.05, 0) is 32.0 Å². The van der Waals surface area contributed by atoms with Gasteiger partial charge >= 0.3 is 0 Å². The Bertz CT molecular complexity index is 1290. The summed E-state index contributed by atoms with van der Waals surface area (Å²) in [5, 5.41) is 13.6. The molecule has 0 saturated heterocycles. The van der Waals surface area contributed by atoms with Crippen molar-refractivity contribution in [1.29, 1.82) is 5.26 Å². The summed E-state index contributed by atoms with van der Waals surface area (Å²) in [6.45, 7) is 4.26. The lowest BCUT2D eigenvalue weighted by molar-refractivity contribution is 0.356. The van der Waals surface area contributed by atoms with Gasteiger partial charge in [-0.1, -0.05) is 0 Å². The molecule has 4 aromatic rings. The Balaban J connectivity index is 1.78. The number of nitrogens with zero attached hydrogens (tertiary/aromatic N) is 5. The average molecular weight is 414 g/mol. The number of rotatable bonds is 6. The van der Waals surface area contributed by atoms with Crippen LogP contribution in [0.5, 0.6) is 11.5 Å². The van der Waals surface area contributed by atoms with Crippen molar-refractivity contribution in [3.8, 4) is 28.8 Å². The van der Waals surface area contributed by atoms with Crippen LogP contribution in [0.15, 0.2) is 49.1 Å². The van der Waals surface area contributed by atoms with Crippen molar-refractivity contribution in [2.75, 3.05) is 19.5 Å². The highest BCUT2D eigenvalue weighted by atomic mass is 16.5. The number of hydrogen-bond acceptors (Lipinski definition) is 7. The highest BCUT2D eigenvalue weighted by Crippen LogP contribution is 2.38. The third-order valence-corrected chi connectivity index (χ3v) is 4.98. The number of benzene rings is 1. The van der Waals surface area contributed by atoms with Crippen LogP contribution in [0.2, 0.25) is 0 Å². The standard InChI is InChI=1S/C23H22N6O2/c1-14(2)29-13-17(16-5-7-25-12-20(16)29)18-6-8-26-23(27-18)28-19-9-15(11-24)10-21(30-3)22(19)31-4/h5-10,12-14H,1-4H3,(H,26,27,28). The first-order valence-electron chi connectivity index (χ1n) is 9.76. The summed E-state index contributed by atoms with van der Waals surface area (Å²) >= 11 is 0. The molecule has 0 unspecified atom stereocenters. The summed E-state index contributed by atoms with van der Waals surface area (Å²) in [6, 6.07) is 9.56. The molecule has 0 aliphatic rings. The van der Waals surface area contributed by atoms with Crippen LogP contribution in [0.1, 0.15) is 25.5 Å². The lowest BCUT2D eigenvalue weighted by Gasteiger charge is -2.14. The van der Waals surface area contributed by atoms with Crippen LogP contribution >= 0.6 is 0 Å². The average Bonchev–Trinajstić information content (AvgIpc) is 3.19. The Morgan fingerprint density at radius 1 is 1.13 bits per heavy atom. The van der Waals surface area contributed by atoms with Gasteiger partial charge in [0, 0.05) is 41.6 Å². The molecule has 3 aromatic heterocycles. The first kappa shape index (κ1) is 20.2. The van der Waals surface area contributed by atoms with Gasteiger partial charge in [0.1, 0.15) is 0 Å². The minimum Gasteiger partial charge on any atom is -0.493 e. The van der Waals surface area contributed by atoms with E-state index in [9.17, 15) is 5.26 Å². The van der Waals surface area contributed by atoms with Crippen LogP contribution in [0.25, 0.3) is 22.2 Å². The first-order valence-corrected chi connectivity index (χ1v) is 9.76. The number of aromatic nitrogens is 4. The van der Waals surface area contributed by atoms with E-state index in [0.717, 1.165) is 22.2 Å². The lowest BCUT2D eigenvalue weighted by atomic mass is 10.1. The predicted molar refractivity (Wildman–Crippen MR) is 119 cm³/mol. The van der Waals surface area contributed by atoms with Crippen molar-refractivity contribution in [2.45, 2.75) is 19.9 Å². The van der Waals surface area contributed by atoms with Crippen molar-refractivity contribution >= 4 is 22.5 Å². The molecular weight excluding hydrogens is 392 g/mol. The van der Waals surface area contributed by atoms with Crippen LogP contribution in [-0.4, -0.2) is 33.7 Å². The second-order valence-corrected chi connectivity index (χ2v) is 7.20. The molecule has 0 bridgehead atoms. The summed E-state index contributed by atoms with van der Waals surface area (Å²) in [6.07, 6.45) is 7.43. The van der Waals surface area contributed by atoms with Crippen molar-refractivity contribution in [3.63, 3.8) is 0 Å². The monoisotopic (exact) mass is 414 g/mol. The molecule has 8 heteroatoms. The Hall–Kier alpha value is -4.12. The third kappa shape index (κ3) is 3.73. The van der Waals surface area contributed by atoms with Gasteiger partial charge in [-0.2, -0.15) is 5.26 Å². The van der Waals surface area contributed by atoms with E-state index in [1.165, 1.54) is 7.11 Å². The van der Waals surface area contributed by atoms with Gasteiger partial charge in [-0.15, -0.1) is 0 Å². The molecule has 8 nitrogen and oxygen atoms in total. The van der Waals surface area contributed by atoms with Crippen LogP contribution in [0.4, 0.5) is 11.6 Å². The van der Waals surface area contributed by atoms with Crippen LogP contribution < -0.4 is 14.8 Å². The molecule has 1 aromatic carbocycles. The molecule has 31 heavy (non-hydrogen) atoms. The Kier molecular flexibility index (Phi) is 5.41. The van der Waals surface area contributed by atoms with E-state index in [-0.39, 0.29) is 6.04 Å². The number of methoxy groups -OCH3 is 2. The van der Waals surface area contributed by atoms with Crippen molar-refractivity contribution in [2.24, 2.45) is 0 Å². The normalized spacial score (nSPS) is 10.8. The van der Waals surface area contributed by atoms with Crippen molar-refractivity contribution in [1.82, 2.24) is 19.5 Å². The van der Waals surface area contributed by atoms with E-state index < -0.39 is 0 Å². The van der Waals surface area contributed by atoms with E-state index in [4.69, 9.17) is 14.5 Å². The van der Waals surface area contributed by atoms with Gasteiger partial charge in [0.2, 0.25) is 5.95 Å². The second kappa shape index (κ2) is 8.32. The Labute approximate surface area is 180 Å². The van der Waals surface area contributed by atoms with Gasteiger partial charge < -0.3 is 19.4 Å². The summed E-state index contributed by atoms with van der Waals surface area (Å²) in [5.74, 6) is 1.30. The second-order valence-electron chi connectivity index (χ2n) is 7.20. The minimum absolute atomic E-state index is 0.283. The number of anilines is 2. The summed E-state index contributed by atoms with van der Waals surface area (Å²) in [4.78, 5) is 13.3. The molecule has 0 amide bonds. The fraction of sp³-hybridized carbons (Fsp3) is 0.217. The number of hydrogen-bond donors (Lipinski definition) is 1. The van der Waals surface area contributed by atoms with Crippen molar-refractivity contribution < 1.29 is 9.47 Å². The number of fused-ring (bicyclic) bond motifs is 1. The molecule has 4 rings (SSSR count). The van der Waals surface area contributed by atoms with Gasteiger partial charge in [-0.3, -0.25) is 4.98 Å². The highest BCUT2D eigenvalue weighted by Gasteiger charge is 2.16. The largest absolute Gasteiger partial charge is 0.493 e. The zero-order chi connectivity index (χ0) is 22.0. The van der Waals surface area contributed by atoms with E-state index in [1.54, 1.807) is 31.6 Å². The fourth-order valence-corrected chi connectivity index (χ4v) is 3.54. The van der Waals surface area contributed by atoms with E-state index in [1.807, 2.05) is 18.3 Å². The maximum absolute atomic E-state index is 9.34. The lowest BCUT2D eigenvalue weighted by Crippen LogP contribution is -2.02. The number of nitriles is 1. The Morgan fingerprint density at radius 2 is 1.97 bits per heavy atom. The van der Waals surface area contributed by atoms with Gasteiger partial charge in [-0.25, -0.2) is 9.97 Å². The van der Waals surface area contributed by atoms with Crippen LogP contribution in [0, 0.1) is 11.3 Å². The molecule has 0 atom stereocenters. The highest BCUT2D eigenvalue weighted by molar-refractivity contribution is 5.94. The summed E-state index contributed by atoms with van der Waals surface area (Å²) in [7, 11) is 3.07. The summed E-state index contributed by atoms with van der Waals surface area (Å²) in [5.41, 5.74) is 3.80. The quantitative estimate of drug-likeness (QED) is 0.488. The smallest absolute Gasteiger partial charge is 0.227 e. The van der Waals surface area contributed by atoms with Crippen LogP contribution in [0.3, 0.4) is 0 Å². The zero-order valence-corrected chi connectivity index (χ0v) is 17.7. The fourth-order valence-electron chi connectivity index (χ4n) is 3.54. The van der Waals surface area contributed by atoms with Gasteiger partial charge in [0.25, 0.3) is 0 Å². The first-order chi connectivity index (χ1) is 15.0. The molecule has 3 heterocycles. The molecule has 1 N–H and O–H groups in total. The van der Waals surface area contributed by atoms with E-state index in [0.29, 0.717) is 28.7 Å². The third-order valence-electron chi connectivity index (χ3n) is 4.98. The van der Waals surface area contributed by atoms with Crippen LogP contribution in [-0.2, 0) is 0 Å². The predicted octanol–water partition coefficient (Wildman–Crippen LogP) is 4.71. The molecule has 0 aliphatic heterocycles. The molecule has 0 radical (unpaired) electrons. The van der Waals surface area contributed by atoms with Gasteiger partial charge in [0.15, 0.2) is 11.5 Å². The Morgan fingerprint density at radius 3 is 2.68 bits per heavy atom. The molecule has 0 fully saturated rings. The molecule has 0 spiro atoms. The number of nitrogens with one attached hydrogen (secondary N) is 1. The molecule has 0 aliphatic carbocycles. The topological polar surface area (TPSA) is 97.9 Å². The summed E-state index contributed by atoms with van der Waals surface area (Å²) < 4.78 is 13.0. The van der Waals surface area contributed by atoms with E-state index in [2.05, 4.69) is 46.0 Å². The molecule has 156 valence electrons. The zero-order valence-electron chi connectivity index (χ0n) is 17.7. The van der Waals surface area contributed by atoms with E-state index >= 15 is 0 Å². The maximum Gasteiger partial charge on any atom is 0.227 e.